The predicted molar refractivity (Wildman–Crippen MR) is 141 cm³/mol. The molecular weight excluding hydrogens is 526 g/mol. The number of non-ortho nitro benzene ring substituents is 1. The molecule has 0 aliphatic heterocycles. The molecule has 3 aromatic carbocycles. The molecule has 3 aromatic rings. The molecular formula is C27H24BrN3O5. The number of amides is 1. The number of nitriles is 1. The summed E-state index contributed by atoms with van der Waals surface area (Å²) in [6, 6.07) is 18.9. The lowest BCUT2D eigenvalue weighted by Crippen LogP contribution is -2.13. The molecule has 0 atom stereocenters. The Morgan fingerprint density at radius 2 is 1.75 bits per heavy atom. The quantitative estimate of drug-likeness (QED) is 0.134. The molecule has 1 N–H and O–H groups in total. The Morgan fingerprint density at radius 3 is 2.33 bits per heavy atom. The molecule has 3 rings (SSSR count). The average Bonchev–Trinajstić information content (AvgIpc) is 2.87. The van der Waals surface area contributed by atoms with Crippen LogP contribution in [0.3, 0.4) is 0 Å². The number of anilines is 1. The fraction of sp³-hybridized carbons (Fsp3) is 0.185. The lowest BCUT2D eigenvalue weighted by Gasteiger charge is -2.15. The molecule has 0 aliphatic carbocycles. The van der Waals surface area contributed by atoms with Crippen molar-refractivity contribution in [3.05, 3.63) is 97.5 Å². The van der Waals surface area contributed by atoms with Gasteiger partial charge in [-0.15, -0.1) is 0 Å². The van der Waals surface area contributed by atoms with Gasteiger partial charge in [-0.2, -0.15) is 5.26 Å². The van der Waals surface area contributed by atoms with E-state index < -0.39 is 10.8 Å². The third kappa shape index (κ3) is 6.93. The van der Waals surface area contributed by atoms with Gasteiger partial charge in [-0.3, -0.25) is 14.9 Å². The van der Waals surface area contributed by atoms with Crippen molar-refractivity contribution in [1.82, 2.24) is 0 Å². The minimum absolute atomic E-state index is 0.00128. The Morgan fingerprint density at radius 1 is 1.08 bits per heavy atom. The molecule has 0 saturated carbocycles. The largest absolute Gasteiger partial charge is 0.490 e. The maximum atomic E-state index is 12.7. The summed E-state index contributed by atoms with van der Waals surface area (Å²) >= 11 is 3.48. The van der Waals surface area contributed by atoms with Crippen LogP contribution in [0.2, 0.25) is 0 Å². The van der Waals surface area contributed by atoms with Crippen molar-refractivity contribution in [2.45, 2.75) is 26.9 Å². The van der Waals surface area contributed by atoms with E-state index in [0.29, 0.717) is 33.8 Å². The Labute approximate surface area is 217 Å². The second kappa shape index (κ2) is 12.5. The molecule has 0 fully saturated rings. The summed E-state index contributed by atoms with van der Waals surface area (Å²) in [5.41, 5.74) is 3.00. The van der Waals surface area contributed by atoms with E-state index in [1.807, 2.05) is 32.0 Å². The number of aryl methyl sites for hydroxylation is 1. The zero-order valence-electron chi connectivity index (χ0n) is 19.8. The fourth-order valence-corrected chi connectivity index (χ4v) is 3.86. The number of nitrogens with zero attached hydrogens (tertiary/aromatic N) is 2. The third-order valence-corrected chi connectivity index (χ3v) is 5.75. The van der Waals surface area contributed by atoms with E-state index in [1.54, 1.807) is 36.4 Å². The van der Waals surface area contributed by atoms with Gasteiger partial charge < -0.3 is 14.8 Å². The average molecular weight is 550 g/mol. The molecule has 184 valence electrons. The molecule has 36 heavy (non-hydrogen) atoms. The first-order valence-corrected chi connectivity index (χ1v) is 12.0. The predicted octanol–water partition coefficient (Wildman–Crippen LogP) is 6.44. The summed E-state index contributed by atoms with van der Waals surface area (Å²) in [6.07, 6.45) is 2.37. The van der Waals surface area contributed by atoms with Gasteiger partial charge >= 0.3 is 0 Å². The monoisotopic (exact) mass is 549 g/mol. The molecule has 8 nitrogen and oxygen atoms in total. The highest BCUT2D eigenvalue weighted by Crippen LogP contribution is 2.38. The number of carbonyl (C=O) groups excluding carboxylic acids is 1. The zero-order valence-corrected chi connectivity index (χ0v) is 21.4. The molecule has 0 bridgehead atoms. The molecule has 0 aromatic heterocycles. The van der Waals surface area contributed by atoms with Gasteiger partial charge in [0.1, 0.15) is 18.2 Å². The normalized spacial score (nSPS) is 10.9. The molecule has 0 radical (unpaired) electrons. The van der Waals surface area contributed by atoms with E-state index in [2.05, 4.69) is 21.2 Å². The van der Waals surface area contributed by atoms with E-state index >= 15 is 0 Å². The van der Waals surface area contributed by atoms with Gasteiger partial charge in [0.05, 0.1) is 16.0 Å². The molecule has 9 heteroatoms. The first-order valence-electron chi connectivity index (χ1n) is 11.2. The Kier molecular flexibility index (Phi) is 9.19. The van der Waals surface area contributed by atoms with E-state index in [4.69, 9.17) is 9.47 Å². The van der Waals surface area contributed by atoms with Crippen molar-refractivity contribution in [2.75, 3.05) is 11.9 Å². The van der Waals surface area contributed by atoms with E-state index in [-0.39, 0.29) is 17.9 Å². The van der Waals surface area contributed by atoms with Crippen LogP contribution in [0, 0.1) is 21.4 Å². The van der Waals surface area contributed by atoms with Crippen LogP contribution in [0.5, 0.6) is 11.5 Å². The number of ether oxygens (including phenoxy) is 2. The number of halogens is 1. The number of carbonyl (C=O) groups is 1. The van der Waals surface area contributed by atoms with Crippen LogP contribution in [-0.2, 0) is 17.8 Å². The summed E-state index contributed by atoms with van der Waals surface area (Å²) in [4.78, 5) is 23.1. The maximum absolute atomic E-state index is 12.7. The second-order valence-electron chi connectivity index (χ2n) is 7.65. The molecule has 0 aliphatic rings. The Balaban J connectivity index is 1.80. The van der Waals surface area contributed by atoms with Crippen molar-refractivity contribution < 1.29 is 19.2 Å². The van der Waals surface area contributed by atoms with Gasteiger partial charge in [0.25, 0.3) is 11.6 Å². The molecule has 1 amide bonds. The first-order chi connectivity index (χ1) is 17.3. The number of hydrogen-bond acceptors (Lipinski definition) is 6. The lowest BCUT2D eigenvalue weighted by atomic mass is 10.1. The summed E-state index contributed by atoms with van der Waals surface area (Å²) in [7, 11) is 0. The standard InChI is InChI=1S/C27H24BrN3O5/c1-3-18-5-9-22(10-6-18)30-27(32)21(16-29)13-20-14-24(28)26(25(15-20)35-4-2)36-17-19-7-11-23(12-8-19)31(33)34/h5-15H,3-4,17H2,1-2H3,(H,30,32)/b21-13-. The smallest absolute Gasteiger partial charge is 0.269 e. The van der Waals surface area contributed by atoms with Gasteiger partial charge in [-0.1, -0.05) is 19.1 Å². The maximum Gasteiger partial charge on any atom is 0.269 e. The van der Waals surface area contributed by atoms with Gasteiger partial charge in [0.15, 0.2) is 11.5 Å². The number of nitro benzene ring substituents is 1. The van der Waals surface area contributed by atoms with E-state index in [9.17, 15) is 20.2 Å². The number of nitrogens with one attached hydrogen (secondary N) is 1. The second-order valence-corrected chi connectivity index (χ2v) is 8.50. The lowest BCUT2D eigenvalue weighted by molar-refractivity contribution is -0.384. The van der Waals surface area contributed by atoms with E-state index in [1.165, 1.54) is 18.2 Å². The van der Waals surface area contributed by atoms with Crippen LogP contribution >= 0.6 is 15.9 Å². The third-order valence-electron chi connectivity index (χ3n) is 5.16. The van der Waals surface area contributed by atoms with Crippen LogP contribution in [0.4, 0.5) is 11.4 Å². The highest BCUT2D eigenvalue weighted by molar-refractivity contribution is 9.10. The topological polar surface area (TPSA) is 114 Å². The van der Waals surface area contributed by atoms with Gasteiger partial charge in [-0.05, 0) is 88.4 Å². The van der Waals surface area contributed by atoms with E-state index in [0.717, 1.165) is 17.5 Å². The van der Waals surface area contributed by atoms with Crippen LogP contribution in [-0.4, -0.2) is 17.4 Å². The number of nitro groups is 1. The molecule has 0 saturated heterocycles. The van der Waals surface area contributed by atoms with Crippen molar-refractivity contribution in [1.29, 1.82) is 5.26 Å². The minimum Gasteiger partial charge on any atom is -0.490 e. The van der Waals surface area contributed by atoms with Crippen molar-refractivity contribution in [3.63, 3.8) is 0 Å². The summed E-state index contributed by atoms with van der Waals surface area (Å²) in [5.74, 6) is 0.341. The van der Waals surface area contributed by atoms with Crippen LogP contribution in [0.25, 0.3) is 6.08 Å². The van der Waals surface area contributed by atoms with Gasteiger partial charge in [0, 0.05) is 17.8 Å². The van der Waals surface area contributed by atoms with Gasteiger partial charge in [0.2, 0.25) is 0 Å². The van der Waals surface area contributed by atoms with Crippen molar-refractivity contribution >= 4 is 39.3 Å². The first kappa shape index (κ1) is 26.4. The highest BCUT2D eigenvalue weighted by Gasteiger charge is 2.15. The number of rotatable bonds is 10. The van der Waals surface area contributed by atoms with Crippen molar-refractivity contribution in [3.8, 4) is 17.6 Å². The number of hydrogen-bond donors (Lipinski definition) is 1. The molecule has 0 spiro atoms. The summed E-state index contributed by atoms with van der Waals surface area (Å²) in [5, 5.41) is 23.2. The fourth-order valence-electron chi connectivity index (χ4n) is 3.28. The minimum atomic E-state index is -0.519. The van der Waals surface area contributed by atoms with Crippen molar-refractivity contribution in [2.24, 2.45) is 0 Å². The zero-order chi connectivity index (χ0) is 26.1. The van der Waals surface area contributed by atoms with Gasteiger partial charge in [-0.25, -0.2) is 0 Å². The van der Waals surface area contributed by atoms with Crippen LogP contribution in [0.1, 0.15) is 30.5 Å². The van der Waals surface area contributed by atoms with Crippen LogP contribution in [0.15, 0.2) is 70.7 Å². The summed E-state index contributed by atoms with van der Waals surface area (Å²) < 4.78 is 12.2. The number of benzene rings is 3. The van der Waals surface area contributed by atoms with Crippen LogP contribution < -0.4 is 14.8 Å². The molecule has 0 unspecified atom stereocenters. The highest BCUT2D eigenvalue weighted by atomic mass is 79.9. The Hall–Kier alpha value is -4.16. The SMILES string of the molecule is CCOc1cc(/C=C(/C#N)C(=O)Nc2ccc(CC)cc2)cc(Br)c1OCc1ccc([N+](=O)[O-])cc1. The Bertz CT molecular complexity index is 1310. The summed E-state index contributed by atoms with van der Waals surface area (Å²) in [6.45, 7) is 4.40. The molecule has 0 heterocycles.